The summed E-state index contributed by atoms with van der Waals surface area (Å²) in [7, 11) is -5.83. The van der Waals surface area contributed by atoms with Crippen LogP contribution < -0.4 is 4.18 Å². The van der Waals surface area contributed by atoms with Gasteiger partial charge in [0, 0.05) is 5.39 Å². The molecule has 3 nitrogen and oxygen atoms in total. The maximum absolute atomic E-state index is 13.7. The predicted molar refractivity (Wildman–Crippen MR) is 157 cm³/mol. The minimum Gasteiger partial charge on any atom is -0.375 e. The van der Waals surface area contributed by atoms with Crippen LogP contribution in [0.2, 0.25) is 0 Å². The summed E-state index contributed by atoms with van der Waals surface area (Å²) in [5.41, 5.74) is -3.00. The standard InChI is InChI=1S/C35H37F3O3S/c36-35(37,38)42(39,40)41-30-6-5-28(33-14-20-7-21(15-33)9-22(8-20)16-33)32-29(13-26-3-1-2-4-27(26)31(30)32)34-17-23-10-24(18-34)12-25(11-23)19-34/h1-6,13,20-25H,7-12,14-19H2. The molecule has 11 rings (SSSR count). The second-order valence-corrected chi connectivity index (χ2v) is 16.9. The summed E-state index contributed by atoms with van der Waals surface area (Å²) in [4.78, 5) is 0. The summed E-state index contributed by atoms with van der Waals surface area (Å²) in [5, 5.41) is 3.32. The fourth-order valence-corrected chi connectivity index (χ4v) is 12.7. The summed E-state index contributed by atoms with van der Waals surface area (Å²) < 4.78 is 71.1. The molecule has 3 aromatic rings. The molecule has 8 saturated carbocycles. The molecule has 0 N–H and O–H groups in total. The zero-order valence-corrected chi connectivity index (χ0v) is 24.6. The minimum absolute atomic E-state index is 0.00602. The van der Waals surface area contributed by atoms with Crippen LogP contribution in [0.4, 0.5) is 13.2 Å². The van der Waals surface area contributed by atoms with E-state index in [0.717, 1.165) is 54.7 Å². The first kappa shape index (κ1) is 26.2. The van der Waals surface area contributed by atoms with E-state index in [0.29, 0.717) is 40.9 Å². The highest BCUT2D eigenvalue weighted by molar-refractivity contribution is 7.88. The number of alkyl halides is 3. The fourth-order valence-electron chi connectivity index (χ4n) is 12.2. The van der Waals surface area contributed by atoms with Crippen molar-refractivity contribution in [3.8, 4) is 5.75 Å². The molecule has 0 heterocycles. The molecule has 222 valence electrons. The third-order valence-corrected chi connectivity index (χ3v) is 13.6. The predicted octanol–water partition coefficient (Wildman–Crippen LogP) is 9.16. The second kappa shape index (κ2) is 8.46. The van der Waals surface area contributed by atoms with Crippen molar-refractivity contribution in [2.75, 3.05) is 0 Å². The number of fused-ring (bicyclic) bond motifs is 3. The second-order valence-electron chi connectivity index (χ2n) is 15.4. The van der Waals surface area contributed by atoms with Crippen LogP contribution in [-0.2, 0) is 20.9 Å². The number of hydrogen-bond acceptors (Lipinski definition) is 3. The summed E-state index contributed by atoms with van der Waals surface area (Å²) in [6.07, 6.45) is 14.5. The van der Waals surface area contributed by atoms with E-state index in [1.165, 1.54) is 49.7 Å². The normalized spacial score (nSPS) is 38.5. The zero-order valence-electron chi connectivity index (χ0n) is 23.8. The summed E-state index contributed by atoms with van der Waals surface area (Å²) in [6.45, 7) is 0. The number of halogens is 3. The molecular formula is C35H37F3O3S. The van der Waals surface area contributed by atoms with Gasteiger partial charge in [0.25, 0.3) is 0 Å². The van der Waals surface area contributed by atoms with Crippen molar-refractivity contribution in [1.82, 2.24) is 0 Å². The summed E-state index contributed by atoms with van der Waals surface area (Å²) >= 11 is 0. The Balaban J connectivity index is 1.36. The van der Waals surface area contributed by atoms with Gasteiger partial charge >= 0.3 is 15.6 Å². The van der Waals surface area contributed by atoms with Crippen LogP contribution in [0.25, 0.3) is 21.5 Å². The highest BCUT2D eigenvalue weighted by Crippen LogP contribution is 2.65. The third-order valence-electron chi connectivity index (χ3n) is 12.7. The van der Waals surface area contributed by atoms with Crippen molar-refractivity contribution in [2.45, 2.75) is 93.4 Å². The lowest BCUT2D eigenvalue weighted by molar-refractivity contribution is -0.0499. The number of hydrogen-bond donors (Lipinski definition) is 0. The molecule has 8 fully saturated rings. The Labute approximate surface area is 245 Å². The first-order valence-electron chi connectivity index (χ1n) is 16.0. The Bertz CT molecular complexity index is 1670. The van der Waals surface area contributed by atoms with E-state index in [1.807, 2.05) is 30.3 Å². The van der Waals surface area contributed by atoms with Crippen molar-refractivity contribution < 1.29 is 25.8 Å². The molecule has 0 saturated heterocycles. The molecule has 8 bridgehead atoms. The molecule has 0 radical (unpaired) electrons. The molecular weight excluding hydrogens is 557 g/mol. The van der Waals surface area contributed by atoms with E-state index >= 15 is 0 Å². The van der Waals surface area contributed by atoms with Gasteiger partial charge in [-0.2, -0.15) is 21.6 Å². The molecule has 0 spiro atoms. The Morgan fingerprint density at radius 3 is 1.62 bits per heavy atom. The Morgan fingerprint density at radius 1 is 0.643 bits per heavy atom. The van der Waals surface area contributed by atoms with Gasteiger partial charge in [0.2, 0.25) is 0 Å². The molecule has 0 amide bonds. The first-order chi connectivity index (χ1) is 20.0. The number of rotatable bonds is 4. The van der Waals surface area contributed by atoms with Gasteiger partial charge in [-0.3, -0.25) is 0 Å². The molecule has 0 aromatic heterocycles. The summed E-state index contributed by atoms with van der Waals surface area (Å²) in [6, 6.07) is 13.7. The van der Waals surface area contributed by atoms with Crippen LogP contribution in [0.5, 0.6) is 5.75 Å². The van der Waals surface area contributed by atoms with Crippen LogP contribution in [-0.4, -0.2) is 13.9 Å². The molecule has 0 atom stereocenters. The van der Waals surface area contributed by atoms with E-state index in [-0.39, 0.29) is 16.6 Å². The lowest BCUT2D eigenvalue weighted by Crippen LogP contribution is -2.50. The highest BCUT2D eigenvalue weighted by Gasteiger charge is 2.55. The van der Waals surface area contributed by atoms with Crippen LogP contribution >= 0.6 is 0 Å². The van der Waals surface area contributed by atoms with Gasteiger partial charge in [-0.15, -0.1) is 0 Å². The Kier molecular flexibility index (Phi) is 5.26. The van der Waals surface area contributed by atoms with Crippen molar-refractivity contribution in [3.05, 3.63) is 53.6 Å². The maximum Gasteiger partial charge on any atom is 0.534 e. The van der Waals surface area contributed by atoms with Crippen molar-refractivity contribution in [1.29, 1.82) is 0 Å². The zero-order chi connectivity index (χ0) is 28.6. The van der Waals surface area contributed by atoms with Gasteiger partial charge in [0.1, 0.15) is 0 Å². The van der Waals surface area contributed by atoms with Gasteiger partial charge in [-0.05, 0) is 163 Å². The van der Waals surface area contributed by atoms with E-state index in [1.54, 1.807) is 6.07 Å². The van der Waals surface area contributed by atoms with Crippen LogP contribution in [0.3, 0.4) is 0 Å². The average molecular weight is 595 g/mol. The van der Waals surface area contributed by atoms with Crippen molar-refractivity contribution >= 4 is 31.7 Å². The molecule has 0 unspecified atom stereocenters. The topological polar surface area (TPSA) is 43.4 Å². The van der Waals surface area contributed by atoms with Crippen molar-refractivity contribution in [2.24, 2.45) is 35.5 Å². The van der Waals surface area contributed by atoms with Gasteiger partial charge in [-0.1, -0.05) is 30.3 Å². The van der Waals surface area contributed by atoms with Gasteiger partial charge in [-0.25, -0.2) is 0 Å². The van der Waals surface area contributed by atoms with E-state index in [9.17, 15) is 21.6 Å². The SMILES string of the molecule is O=S(=O)(Oc1ccc(C23CC4CC(CC(C4)C2)C3)c2c(C34CC5CC(CC(C5)C3)C4)cc3ccccc3c12)C(F)(F)F. The molecule has 7 heteroatoms. The minimum atomic E-state index is -5.83. The highest BCUT2D eigenvalue weighted by atomic mass is 32.2. The summed E-state index contributed by atoms with van der Waals surface area (Å²) in [5.74, 6) is 4.03. The third kappa shape index (κ3) is 3.67. The monoisotopic (exact) mass is 594 g/mol. The van der Waals surface area contributed by atoms with Crippen molar-refractivity contribution in [3.63, 3.8) is 0 Å². The van der Waals surface area contributed by atoms with E-state index in [2.05, 4.69) is 6.07 Å². The molecule has 8 aliphatic carbocycles. The molecule has 8 aliphatic rings. The first-order valence-corrected chi connectivity index (χ1v) is 17.4. The smallest absolute Gasteiger partial charge is 0.375 e. The fraction of sp³-hybridized carbons (Fsp3) is 0.600. The lowest BCUT2D eigenvalue weighted by Gasteiger charge is -2.59. The van der Waals surface area contributed by atoms with Gasteiger partial charge in [0.15, 0.2) is 5.75 Å². The Hall–Kier alpha value is -2.28. The maximum atomic E-state index is 13.7. The van der Waals surface area contributed by atoms with Crippen LogP contribution in [0.15, 0.2) is 42.5 Å². The molecule has 42 heavy (non-hydrogen) atoms. The average Bonchev–Trinajstić information content (AvgIpc) is 2.90. The van der Waals surface area contributed by atoms with Crippen LogP contribution in [0, 0.1) is 35.5 Å². The van der Waals surface area contributed by atoms with Gasteiger partial charge < -0.3 is 4.18 Å². The Morgan fingerprint density at radius 2 is 1.12 bits per heavy atom. The van der Waals surface area contributed by atoms with Crippen LogP contribution in [0.1, 0.15) is 88.2 Å². The largest absolute Gasteiger partial charge is 0.534 e. The van der Waals surface area contributed by atoms with Gasteiger partial charge in [0.05, 0.1) is 0 Å². The molecule has 3 aromatic carbocycles. The van der Waals surface area contributed by atoms with E-state index < -0.39 is 15.6 Å². The quantitative estimate of drug-likeness (QED) is 0.172. The van der Waals surface area contributed by atoms with E-state index in [4.69, 9.17) is 4.18 Å². The number of benzene rings is 3. The molecule has 0 aliphatic heterocycles. The lowest BCUT2D eigenvalue weighted by atomic mass is 9.46.